The number of nitrogens with zero attached hydrogens (tertiary/aromatic N) is 3. The number of anilines is 1. The van der Waals surface area contributed by atoms with Crippen LogP contribution in [0.15, 0.2) is 18.9 Å². The smallest absolute Gasteiger partial charge is 0.226 e. The molecule has 0 atom stereocenters. The largest absolute Gasteiger partial charge is 0.377 e. The number of H-pyrrole nitrogens is 1. The highest BCUT2D eigenvalue weighted by Crippen LogP contribution is 2.27. The first kappa shape index (κ1) is 15.3. The highest BCUT2D eigenvalue weighted by molar-refractivity contribution is 7.18. The Kier molecular flexibility index (Phi) is 5.59. The summed E-state index contributed by atoms with van der Waals surface area (Å²) in [7, 11) is 0. The third-order valence-electron chi connectivity index (χ3n) is 2.66. The number of hydrogen-bond acceptors (Lipinski definition) is 6. The van der Waals surface area contributed by atoms with E-state index in [1.54, 1.807) is 12.3 Å². The van der Waals surface area contributed by atoms with E-state index in [9.17, 15) is 4.79 Å². The second-order valence-electron chi connectivity index (χ2n) is 4.34. The van der Waals surface area contributed by atoms with Crippen molar-refractivity contribution in [3.63, 3.8) is 0 Å². The quantitative estimate of drug-likeness (QED) is 0.576. The van der Waals surface area contributed by atoms with Crippen LogP contribution in [0.3, 0.4) is 0 Å². The summed E-state index contributed by atoms with van der Waals surface area (Å²) in [4.78, 5) is 11.7. The minimum absolute atomic E-state index is 0.0937. The molecule has 1 amide bonds. The molecule has 112 valence electrons. The average Bonchev–Trinajstić information content (AvgIpc) is 3.07. The van der Waals surface area contributed by atoms with Crippen molar-refractivity contribution in [2.24, 2.45) is 0 Å². The lowest BCUT2D eigenvalue weighted by Crippen LogP contribution is -2.12. The lowest BCUT2D eigenvalue weighted by atomic mass is 10.3. The fourth-order valence-electron chi connectivity index (χ4n) is 1.63. The second kappa shape index (κ2) is 7.65. The van der Waals surface area contributed by atoms with Crippen molar-refractivity contribution in [3.05, 3.63) is 24.5 Å². The van der Waals surface area contributed by atoms with E-state index in [4.69, 9.17) is 4.74 Å². The van der Waals surface area contributed by atoms with E-state index < -0.39 is 0 Å². The first-order valence-corrected chi connectivity index (χ1v) is 7.34. The van der Waals surface area contributed by atoms with E-state index in [1.165, 1.54) is 11.3 Å². The Labute approximate surface area is 126 Å². The van der Waals surface area contributed by atoms with Gasteiger partial charge in [0.2, 0.25) is 11.0 Å². The maximum absolute atomic E-state index is 11.7. The van der Waals surface area contributed by atoms with Gasteiger partial charge in [-0.15, -0.1) is 16.8 Å². The summed E-state index contributed by atoms with van der Waals surface area (Å²) in [6.45, 7) is 6.50. The molecule has 0 bridgehead atoms. The molecule has 0 radical (unpaired) electrons. The molecule has 0 unspecified atom stereocenters. The Bertz CT molecular complexity index is 607. The van der Waals surface area contributed by atoms with Crippen molar-refractivity contribution in [1.29, 1.82) is 0 Å². The van der Waals surface area contributed by atoms with Gasteiger partial charge < -0.3 is 10.1 Å². The number of rotatable bonds is 8. The number of ether oxygens (including phenoxy) is 1. The van der Waals surface area contributed by atoms with Crippen LogP contribution in [0, 0.1) is 6.92 Å². The molecule has 7 nitrogen and oxygen atoms in total. The fraction of sp³-hybridized carbons (Fsp3) is 0.385. The van der Waals surface area contributed by atoms with Crippen molar-refractivity contribution in [3.8, 4) is 10.6 Å². The van der Waals surface area contributed by atoms with Crippen molar-refractivity contribution in [2.45, 2.75) is 19.8 Å². The number of carbonyl (C=O) groups excluding carboxylic acids is 1. The van der Waals surface area contributed by atoms with E-state index >= 15 is 0 Å². The number of aromatic amines is 1. The van der Waals surface area contributed by atoms with E-state index in [-0.39, 0.29) is 5.91 Å². The minimum atomic E-state index is -0.0937. The Balaban J connectivity index is 1.81. The van der Waals surface area contributed by atoms with Gasteiger partial charge in [0.25, 0.3) is 0 Å². The van der Waals surface area contributed by atoms with Crippen LogP contribution < -0.4 is 5.32 Å². The summed E-state index contributed by atoms with van der Waals surface area (Å²) in [6, 6.07) is 0. The monoisotopic (exact) mass is 307 g/mol. The zero-order chi connectivity index (χ0) is 15.1. The van der Waals surface area contributed by atoms with E-state index in [2.05, 4.69) is 32.3 Å². The molecule has 0 saturated heterocycles. The van der Waals surface area contributed by atoms with Gasteiger partial charge in [0, 0.05) is 18.7 Å². The fourth-order valence-corrected chi connectivity index (χ4v) is 2.46. The zero-order valence-corrected chi connectivity index (χ0v) is 12.6. The number of nitrogens with one attached hydrogen (secondary N) is 2. The van der Waals surface area contributed by atoms with Crippen LogP contribution in [0.5, 0.6) is 0 Å². The first-order valence-electron chi connectivity index (χ1n) is 6.53. The van der Waals surface area contributed by atoms with E-state index in [0.717, 1.165) is 16.3 Å². The van der Waals surface area contributed by atoms with E-state index in [1.807, 2.05) is 6.92 Å². The third-order valence-corrected chi connectivity index (χ3v) is 3.53. The Morgan fingerprint density at radius 3 is 3.14 bits per heavy atom. The summed E-state index contributed by atoms with van der Waals surface area (Å²) in [6.07, 6.45) is 4.42. The van der Waals surface area contributed by atoms with Crippen LogP contribution in [0.25, 0.3) is 10.6 Å². The number of hydrogen-bond donors (Lipinski definition) is 2. The highest BCUT2D eigenvalue weighted by atomic mass is 32.1. The predicted molar refractivity (Wildman–Crippen MR) is 81.1 cm³/mol. The molecule has 0 aliphatic heterocycles. The van der Waals surface area contributed by atoms with Gasteiger partial charge in [-0.3, -0.25) is 9.89 Å². The minimum Gasteiger partial charge on any atom is -0.377 e. The van der Waals surface area contributed by atoms with Gasteiger partial charge >= 0.3 is 0 Å². The van der Waals surface area contributed by atoms with Crippen molar-refractivity contribution in [1.82, 2.24) is 20.4 Å². The van der Waals surface area contributed by atoms with Gasteiger partial charge in [0.15, 0.2) is 5.01 Å². The number of aromatic nitrogens is 4. The predicted octanol–water partition coefficient (Wildman–Crippen LogP) is 2.16. The summed E-state index contributed by atoms with van der Waals surface area (Å²) in [5.74, 6) is -0.0937. The molecule has 0 aromatic carbocycles. The maximum Gasteiger partial charge on any atom is 0.226 e. The summed E-state index contributed by atoms with van der Waals surface area (Å²) < 4.78 is 5.22. The lowest BCUT2D eigenvalue weighted by molar-refractivity contribution is -0.116. The summed E-state index contributed by atoms with van der Waals surface area (Å²) >= 11 is 1.32. The molecule has 2 heterocycles. The lowest BCUT2D eigenvalue weighted by Gasteiger charge is -2.01. The molecule has 2 N–H and O–H groups in total. The Hall–Kier alpha value is -2.06. The second-order valence-corrected chi connectivity index (χ2v) is 5.31. The molecule has 0 aliphatic rings. The number of carbonyl (C=O) groups is 1. The molecular formula is C13H17N5O2S. The molecule has 2 aromatic rings. The topological polar surface area (TPSA) is 92.8 Å². The highest BCUT2D eigenvalue weighted by Gasteiger charge is 2.12. The van der Waals surface area contributed by atoms with E-state index in [0.29, 0.717) is 31.2 Å². The van der Waals surface area contributed by atoms with Crippen LogP contribution in [0.4, 0.5) is 5.13 Å². The Morgan fingerprint density at radius 2 is 2.43 bits per heavy atom. The molecular weight excluding hydrogens is 290 g/mol. The Morgan fingerprint density at radius 1 is 1.57 bits per heavy atom. The van der Waals surface area contributed by atoms with Gasteiger partial charge in [-0.05, 0) is 13.3 Å². The van der Waals surface area contributed by atoms with Gasteiger partial charge in [-0.1, -0.05) is 17.4 Å². The van der Waals surface area contributed by atoms with Crippen molar-refractivity contribution in [2.75, 3.05) is 18.5 Å². The van der Waals surface area contributed by atoms with Crippen LogP contribution in [0.1, 0.15) is 18.5 Å². The third kappa shape index (κ3) is 4.47. The number of aryl methyl sites for hydroxylation is 1. The van der Waals surface area contributed by atoms with Crippen molar-refractivity contribution < 1.29 is 9.53 Å². The standard InChI is InChI=1S/C13H17N5O2S/c1-3-6-20-7-4-5-11(19)15-13-18-17-12(21-13)10-8-14-16-9(10)2/h3,8H,1,4-7H2,2H3,(H,14,16)(H,15,18,19). The maximum atomic E-state index is 11.7. The van der Waals surface area contributed by atoms with Crippen LogP contribution in [-0.2, 0) is 9.53 Å². The SMILES string of the molecule is C=CCOCCCC(=O)Nc1nnc(-c2cn[nH]c2C)s1. The van der Waals surface area contributed by atoms with Crippen LogP contribution in [-0.4, -0.2) is 39.5 Å². The molecule has 2 aromatic heterocycles. The molecule has 21 heavy (non-hydrogen) atoms. The molecule has 0 spiro atoms. The van der Waals surface area contributed by atoms with Gasteiger partial charge in [0.1, 0.15) is 0 Å². The zero-order valence-electron chi connectivity index (χ0n) is 11.8. The summed E-state index contributed by atoms with van der Waals surface area (Å²) in [5.41, 5.74) is 1.81. The van der Waals surface area contributed by atoms with Crippen LogP contribution in [0.2, 0.25) is 0 Å². The molecule has 0 fully saturated rings. The van der Waals surface area contributed by atoms with Crippen LogP contribution >= 0.6 is 11.3 Å². The van der Waals surface area contributed by atoms with Gasteiger partial charge in [-0.2, -0.15) is 5.10 Å². The normalized spacial score (nSPS) is 10.5. The molecule has 2 rings (SSSR count). The number of amides is 1. The molecule has 0 saturated carbocycles. The average molecular weight is 307 g/mol. The summed E-state index contributed by atoms with van der Waals surface area (Å²) in [5, 5.41) is 18.7. The van der Waals surface area contributed by atoms with Crippen molar-refractivity contribution >= 4 is 22.4 Å². The molecule has 8 heteroatoms. The first-order chi connectivity index (χ1) is 10.2. The van der Waals surface area contributed by atoms with Gasteiger partial charge in [-0.25, -0.2) is 0 Å². The van der Waals surface area contributed by atoms with Gasteiger partial charge in [0.05, 0.1) is 18.4 Å². The molecule has 0 aliphatic carbocycles.